The van der Waals surface area contributed by atoms with Crippen molar-refractivity contribution in [3.05, 3.63) is 68.8 Å². The van der Waals surface area contributed by atoms with E-state index >= 15 is 0 Å². The summed E-state index contributed by atoms with van der Waals surface area (Å²) < 4.78 is 1.13. The number of benzene rings is 2. The van der Waals surface area contributed by atoms with Crippen molar-refractivity contribution in [2.24, 2.45) is 0 Å². The van der Waals surface area contributed by atoms with E-state index < -0.39 is 0 Å². The van der Waals surface area contributed by atoms with Gasteiger partial charge in [-0.15, -0.1) is 0 Å². The van der Waals surface area contributed by atoms with E-state index in [2.05, 4.69) is 47.0 Å². The Bertz CT molecular complexity index is 592. The molecule has 0 heterocycles. The van der Waals surface area contributed by atoms with Crippen molar-refractivity contribution in [1.29, 1.82) is 0 Å². The molecule has 0 aromatic heterocycles. The van der Waals surface area contributed by atoms with Crippen LogP contribution in [0, 0.1) is 10.5 Å². The van der Waals surface area contributed by atoms with Crippen molar-refractivity contribution >= 4 is 28.5 Å². The van der Waals surface area contributed by atoms with Crippen molar-refractivity contribution in [2.45, 2.75) is 26.3 Å². The van der Waals surface area contributed by atoms with E-state index in [0.717, 1.165) is 9.99 Å². The van der Waals surface area contributed by atoms with Gasteiger partial charge in [0.1, 0.15) is 0 Å². The number of nitrogens with one attached hydrogen (secondary N) is 1. The average Bonchev–Trinajstić information content (AvgIpc) is 2.42. The molecule has 0 saturated carbocycles. The molecule has 2 rings (SSSR count). The summed E-state index contributed by atoms with van der Waals surface area (Å²) in [5.74, 6) is -0.0116. The molecule has 2 aromatic carbocycles. The lowest BCUT2D eigenvalue weighted by Gasteiger charge is -2.15. The van der Waals surface area contributed by atoms with Gasteiger partial charge in [-0.05, 0) is 78.3 Å². The third kappa shape index (κ3) is 4.07. The number of carbonyl (C=O) groups is 1. The topological polar surface area (TPSA) is 29.1 Å². The second kappa shape index (κ2) is 6.88. The van der Waals surface area contributed by atoms with Crippen LogP contribution in [0.3, 0.4) is 0 Å². The molecule has 2 aromatic rings. The van der Waals surface area contributed by atoms with Gasteiger partial charge in [-0.3, -0.25) is 4.79 Å². The van der Waals surface area contributed by atoms with Gasteiger partial charge in [0.2, 0.25) is 0 Å². The number of rotatable bonds is 4. The van der Waals surface area contributed by atoms with Crippen molar-refractivity contribution in [3.8, 4) is 0 Å². The molecular formula is C17H18INO. The molecule has 0 saturated heterocycles. The highest BCUT2D eigenvalue weighted by molar-refractivity contribution is 14.1. The van der Waals surface area contributed by atoms with Gasteiger partial charge in [0.15, 0.2) is 0 Å². The van der Waals surface area contributed by atoms with Crippen LogP contribution in [0.25, 0.3) is 0 Å². The molecule has 2 nitrogen and oxygen atoms in total. The molecule has 1 N–H and O–H groups in total. The first kappa shape index (κ1) is 15.0. The van der Waals surface area contributed by atoms with Crippen molar-refractivity contribution in [2.75, 3.05) is 0 Å². The third-order valence-corrected chi connectivity index (χ3v) is 3.99. The lowest BCUT2D eigenvalue weighted by Crippen LogP contribution is -2.34. The van der Waals surface area contributed by atoms with E-state index in [1.807, 2.05) is 43.3 Å². The van der Waals surface area contributed by atoms with Crippen LogP contribution in [0.4, 0.5) is 0 Å². The fraction of sp³-hybridized carbons (Fsp3) is 0.235. The van der Waals surface area contributed by atoms with Crippen LogP contribution < -0.4 is 5.32 Å². The molecule has 1 atom stereocenters. The summed E-state index contributed by atoms with van der Waals surface area (Å²) in [4.78, 5) is 12.1. The number of aryl methyl sites for hydroxylation is 1. The molecule has 3 heteroatoms. The Labute approximate surface area is 133 Å². The van der Waals surface area contributed by atoms with Gasteiger partial charge in [-0.1, -0.05) is 24.3 Å². The lowest BCUT2D eigenvalue weighted by molar-refractivity contribution is 0.0940. The largest absolute Gasteiger partial charge is 0.349 e. The zero-order chi connectivity index (χ0) is 14.5. The Morgan fingerprint density at radius 3 is 2.45 bits per heavy atom. The van der Waals surface area contributed by atoms with Crippen LogP contribution >= 0.6 is 22.6 Å². The summed E-state index contributed by atoms with van der Waals surface area (Å²) in [6, 6.07) is 16.0. The number of amides is 1. The highest BCUT2D eigenvalue weighted by Gasteiger charge is 2.11. The molecule has 1 unspecified atom stereocenters. The number of hydrogen-bond acceptors (Lipinski definition) is 1. The first-order valence-corrected chi connectivity index (χ1v) is 7.75. The lowest BCUT2D eigenvalue weighted by atomic mass is 10.0. The van der Waals surface area contributed by atoms with Gasteiger partial charge in [0, 0.05) is 15.2 Å². The second-order valence-electron chi connectivity index (χ2n) is 5.01. The fourth-order valence-electron chi connectivity index (χ4n) is 2.13. The monoisotopic (exact) mass is 379 g/mol. The third-order valence-electron chi connectivity index (χ3n) is 3.27. The van der Waals surface area contributed by atoms with E-state index in [4.69, 9.17) is 0 Å². The highest BCUT2D eigenvalue weighted by atomic mass is 127. The van der Waals surface area contributed by atoms with Gasteiger partial charge in [0.05, 0.1) is 0 Å². The second-order valence-corrected chi connectivity index (χ2v) is 6.26. The molecule has 0 fully saturated rings. The molecule has 0 aliphatic rings. The standard InChI is InChI=1S/C17H18INO/c1-12-5-3-4-6-15(12)11-13(2)19-17(20)14-7-9-16(18)10-8-14/h3-10,13H,11H2,1-2H3,(H,19,20). The van der Waals surface area contributed by atoms with Gasteiger partial charge in [-0.25, -0.2) is 0 Å². The summed E-state index contributed by atoms with van der Waals surface area (Å²) in [5.41, 5.74) is 3.26. The molecule has 0 radical (unpaired) electrons. The van der Waals surface area contributed by atoms with Crippen LogP contribution in [-0.2, 0) is 6.42 Å². The fourth-order valence-corrected chi connectivity index (χ4v) is 2.49. The zero-order valence-electron chi connectivity index (χ0n) is 11.7. The summed E-state index contributed by atoms with van der Waals surface area (Å²) in [6.07, 6.45) is 0.850. The number of carbonyl (C=O) groups excluding carboxylic acids is 1. The van der Waals surface area contributed by atoms with E-state index in [-0.39, 0.29) is 11.9 Å². The summed E-state index contributed by atoms with van der Waals surface area (Å²) in [7, 11) is 0. The maximum atomic E-state index is 12.1. The minimum Gasteiger partial charge on any atom is -0.349 e. The number of hydrogen-bond donors (Lipinski definition) is 1. The first-order valence-electron chi connectivity index (χ1n) is 6.67. The van der Waals surface area contributed by atoms with Crippen LogP contribution in [0.15, 0.2) is 48.5 Å². The molecular weight excluding hydrogens is 361 g/mol. The molecule has 20 heavy (non-hydrogen) atoms. The Kier molecular flexibility index (Phi) is 5.17. The van der Waals surface area contributed by atoms with Gasteiger partial charge >= 0.3 is 0 Å². The Hall–Kier alpha value is -1.36. The first-order chi connectivity index (χ1) is 9.56. The molecule has 1 amide bonds. The Morgan fingerprint density at radius 1 is 1.15 bits per heavy atom. The van der Waals surface area contributed by atoms with Crippen LogP contribution in [-0.4, -0.2) is 11.9 Å². The van der Waals surface area contributed by atoms with Crippen LogP contribution in [0.5, 0.6) is 0 Å². The molecule has 0 spiro atoms. The maximum Gasteiger partial charge on any atom is 0.251 e. The Balaban J connectivity index is 1.98. The molecule has 0 aliphatic heterocycles. The smallest absolute Gasteiger partial charge is 0.251 e. The zero-order valence-corrected chi connectivity index (χ0v) is 13.8. The van der Waals surface area contributed by atoms with E-state index in [1.54, 1.807) is 0 Å². The predicted molar refractivity (Wildman–Crippen MR) is 91.0 cm³/mol. The van der Waals surface area contributed by atoms with Gasteiger partial charge < -0.3 is 5.32 Å². The van der Waals surface area contributed by atoms with E-state index in [0.29, 0.717) is 5.56 Å². The SMILES string of the molecule is Cc1ccccc1CC(C)NC(=O)c1ccc(I)cc1. The summed E-state index contributed by atoms with van der Waals surface area (Å²) in [6.45, 7) is 4.14. The summed E-state index contributed by atoms with van der Waals surface area (Å²) in [5, 5.41) is 3.05. The highest BCUT2D eigenvalue weighted by Crippen LogP contribution is 2.11. The molecule has 0 bridgehead atoms. The normalized spacial score (nSPS) is 11.9. The van der Waals surface area contributed by atoms with Crippen LogP contribution in [0.1, 0.15) is 28.4 Å². The molecule has 104 valence electrons. The molecule has 0 aliphatic carbocycles. The minimum atomic E-state index is -0.0116. The van der Waals surface area contributed by atoms with E-state index in [9.17, 15) is 4.79 Å². The van der Waals surface area contributed by atoms with E-state index in [1.165, 1.54) is 11.1 Å². The minimum absolute atomic E-state index is 0.0116. The van der Waals surface area contributed by atoms with Crippen molar-refractivity contribution in [3.63, 3.8) is 0 Å². The van der Waals surface area contributed by atoms with Gasteiger partial charge in [0.25, 0.3) is 5.91 Å². The van der Waals surface area contributed by atoms with Crippen molar-refractivity contribution in [1.82, 2.24) is 5.32 Å². The average molecular weight is 379 g/mol. The number of halogens is 1. The van der Waals surface area contributed by atoms with Gasteiger partial charge in [-0.2, -0.15) is 0 Å². The maximum absolute atomic E-state index is 12.1. The van der Waals surface area contributed by atoms with Crippen LogP contribution in [0.2, 0.25) is 0 Å². The van der Waals surface area contributed by atoms with Crippen molar-refractivity contribution < 1.29 is 4.79 Å². The summed E-state index contributed by atoms with van der Waals surface area (Å²) >= 11 is 2.23. The predicted octanol–water partition coefficient (Wildman–Crippen LogP) is 3.96. The Morgan fingerprint density at radius 2 is 1.80 bits per heavy atom. The quantitative estimate of drug-likeness (QED) is 0.801.